The van der Waals surface area contributed by atoms with E-state index in [-0.39, 0.29) is 0 Å². The summed E-state index contributed by atoms with van der Waals surface area (Å²) < 4.78 is 0. The lowest BCUT2D eigenvalue weighted by Gasteiger charge is -2.16. The molecule has 1 heterocycles. The van der Waals surface area contributed by atoms with Gasteiger partial charge in [0.15, 0.2) is 0 Å². The summed E-state index contributed by atoms with van der Waals surface area (Å²) in [5, 5.41) is 2.22. The third-order valence-electron chi connectivity index (χ3n) is 3.22. The summed E-state index contributed by atoms with van der Waals surface area (Å²) >= 11 is 8.34. The molecular formula is C18H16ClNS. The van der Waals surface area contributed by atoms with Crippen molar-refractivity contribution < 1.29 is 0 Å². The van der Waals surface area contributed by atoms with E-state index >= 15 is 0 Å². The third-order valence-corrected chi connectivity index (χ3v) is 4.62. The van der Waals surface area contributed by atoms with Gasteiger partial charge in [0.1, 0.15) is 5.15 Å². The molecule has 0 fully saturated rings. The minimum Gasteiger partial charge on any atom is -0.235 e. The molecule has 0 amide bonds. The summed E-state index contributed by atoms with van der Waals surface area (Å²) in [6.45, 7) is 4.39. The Morgan fingerprint density at radius 1 is 0.952 bits per heavy atom. The molecule has 1 aromatic heterocycles. The van der Waals surface area contributed by atoms with Crippen molar-refractivity contribution in [1.82, 2.24) is 4.98 Å². The molecule has 2 aromatic carbocycles. The lowest BCUT2D eigenvalue weighted by atomic mass is 10.1. The SMILES string of the molecule is CC(C)Sc1c(-c2ccccc2)c(Cl)nc2ccccc12. The Balaban J connectivity index is 2.34. The monoisotopic (exact) mass is 313 g/mol. The number of hydrogen-bond acceptors (Lipinski definition) is 2. The van der Waals surface area contributed by atoms with Crippen molar-refractivity contribution in [1.29, 1.82) is 0 Å². The zero-order chi connectivity index (χ0) is 14.8. The summed E-state index contributed by atoms with van der Waals surface area (Å²) in [6.07, 6.45) is 0. The van der Waals surface area contributed by atoms with Crippen molar-refractivity contribution in [2.45, 2.75) is 24.0 Å². The van der Waals surface area contributed by atoms with Crippen LogP contribution in [0.2, 0.25) is 5.15 Å². The van der Waals surface area contributed by atoms with Crippen LogP contribution in [0.3, 0.4) is 0 Å². The van der Waals surface area contributed by atoms with Gasteiger partial charge in [-0.25, -0.2) is 4.98 Å². The maximum absolute atomic E-state index is 6.50. The number of hydrogen-bond donors (Lipinski definition) is 0. The molecule has 0 aliphatic carbocycles. The highest BCUT2D eigenvalue weighted by Crippen LogP contribution is 2.42. The van der Waals surface area contributed by atoms with E-state index in [1.165, 1.54) is 10.3 Å². The van der Waals surface area contributed by atoms with Crippen LogP contribution in [0.4, 0.5) is 0 Å². The van der Waals surface area contributed by atoms with Gasteiger partial charge in [0, 0.05) is 21.1 Å². The van der Waals surface area contributed by atoms with Crippen molar-refractivity contribution in [2.75, 3.05) is 0 Å². The van der Waals surface area contributed by atoms with Gasteiger partial charge in [-0.05, 0) is 11.6 Å². The summed E-state index contributed by atoms with van der Waals surface area (Å²) in [5.74, 6) is 0. The summed E-state index contributed by atoms with van der Waals surface area (Å²) in [6, 6.07) is 18.4. The summed E-state index contributed by atoms with van der Waals surface area (Å²) in [4.78, 5) is 5.79. The zero-order valence-corrected chi connectivity index (χ0v) is 13.6. The molecule has 3 heteroatoms. The van der Waals surface area contributed by atoms with Gasteiger partial charge >= 0.3 is 0 Å². The molecule has 0 unspecified atom stereocenters. The van der Waals surface area contributed by atoms with Crippen molar-refractivity contribution >= 4 is 34.3 Å². The van der Waals surface area contributed by atoms with Gasteiger partial charge in [-0.1, -0.05) is 74.0 Å². The minimum absolute atomic E-state index is 0.481. The Morgan fingerprint density at radius 3 is 2.33 bits per heavy atom. The lowest BCUT2D eigenvalue weighted by Crippen LogP contribution is -1.94. The molecule has 3 rings (SSSR count). The van der Waals surface area contributed by atoms with E-state index in [1.807, 2.05) is 42.1 Å². The minimum atomic E-state index is 0.481. The fourth-order valence-corrected chi connectivity index (χ4v) is 3.82. The molecule has 0 saturated carbocycles. The second-order valence-corrected chi connectivity index (χ2v) is 7.10. The molecular weight excluding hydrogens is 298 g/mol. The Labute approximate surface area is 134 Å². The van der Waals surface area contributed by atoms with Gasteiger partial charge in [-0.3, -0.25) is 0 Å². The van der Waals surface area contributed by atoms with Crippen LogP contribution in [0.25, 0.3) is 22.0 Å². The standard InChI is InChI=1S/C18H16ClNS/c1-12(2)21-17-14-10-6-7-11-15(14)20-18(19)16(17)13-8-4-3-5-9-13/h3-12H,1-2H3. The molecule has 0 bridgehead atoms. The molecule has 21 heavy (non-hydrogen) atoms. The normalized spacial score (nSPS) is 11.2. The Kier molecular flexibility index (Phi) is 4.18. The predicted molar refractivity (Wildman–Crippen MR) is 93.2 cm³/mol. The topological polar surface area (TPSA) is 12.9 Å². The Hall–Kier alpha value is -1.51. The highest BCUT2D eigenvalue weighted by molar-refractivity contribution is 8.00. The van der Waals surface area contributed by atoms with Crippen LogP contribution in [0.1, 0.15) is 13.8 Å². The Bertz CT molecular complexity index is 769. The number of rotatable bonds is 3. The average molecular weight is 314 g/mol. The molecule has 0 radical (unpaired) electrons. The van der Waals surface area contributed by atoms with Crippen LogP contribution >= 0.6 is 23.4 Å². The summed E-state index contributed by atoms with van der Waals surface area (Å²) in [7, 11) is 0. The molecule has 1 nitrogen and oxygen atoms in total. The number of aromatic nitrogens is 1. The van der Waals surface area contributed by atoms with Crippen LogP contribution < -0.4 is 0 Å². The lowest BCUT2D eigenvalue weighted by molar-refractivity contribution is 1.11. The van der Waals surface area contributed by atoms with E-state index in [9.17, 15) is 0 Å². The van der Waals surface area contributed by atoms with Gasteiger partial charge in [0.2, 0.25) is 0 Å². The maximum atomic E-state index is 6.50. The molecule has 0 saturated heterocycles. The average Bonchev–Trinajstić information content (AvgIpc) is 2.47. The first-order valence-corrected chi connectivity index (χ1v) is 8.23. The largest absolute Gasteiger partial charge is 0.235 e. The number of halogens is 1. The first-order chi connectivity index (χ1) is 10.2. The van der Waals surface area contributed by atoms with E-state index in [2.05, 4.69) is 43.1 Å². The van der Waals surface area contributed by atoms with Gasteiger partial charge < -0.3 is 0 Å². The quantitative estimate of drug-likeness (QED) is 0.431. The second-order valence-electron chi connectivity index (χ2n) is 5.16. The molecule has 0 aliphatic rings. The number of thioether (sulfide) groups is 1. The fraction of sp³-hybridized carbons (Fsp3) is 0.167. The smallest absolute Gasteiger partial charge is 0.138 e. The number of pyridine rings is 1. The number of fused-ring (bicyclic) bond motifs is 1. The van der Waals surface area contributed by atoms with Gasteiger partial charge in [-0.2, -0.15) is 0 Å². The van der Waals surface area contributed by atoms with Crippen LogP contribution in [0, 0.1) is 0 Å². The molecule has 0 aliphatic heterocycles. The first kappa shape index (κ1) is 14.4. The molecule has 0 spiro atoms. The molecule has 0 N–H and O–H groups in total. The van der Waals surface area contributed by atoms with Gasteiger partial charge in [0.25, 0.3) is 0 Å². The number of nitrogens with zero attached hydrogens (tertiary/aromatic N) is 1. The Morgan fingerprint density at radius 2 is 1.62 bits per heavy atom. The first-order valence-electron chi connectivity index (χ1n) is 6.97. The van der Waals surface area contributed by atoms with Crippen LogP contribution in [-0.4, -0.2) is 10.2 Å². The molecule has 3 aromatic rings. The van der Waals surface area contributed by atoms with Gasteiger partial charge in [0.05, 0.1) is 5.52 Å². The van der Waals surface area contributed by atoms with Crippen LogP contribution in [0.5, 0.6) is 0 Å². The van der Waals surface area contributed by atoms with E-state index in [0.717, 1.165) is 16.6 Å². The number of para-hydroxylation sites is 1. The van der Waals surface area contributed by atoms with Crippen LogP contribution in [-0.2, 0) is 0 Å². The van der Waals surface area contributed by atoms with Crippen LogP contribution in [0.15, 0.2) is 59.5 Å². The maximum Gasteiger partial charge on any atom is 0.138 e. The van der Waals surface area contributed by atoms with Crippen molar-refractivity contribution in [3.8, 4) is 11.1 Å². The fourth-order valence-electron chi connectivity index (χ4n) is 2.37. The predicted octanol–water partition coefficient (Wildman–Crippen LogP) is 6.06. The summed E-state index contributed by atoms with van der Waals surface area (Å²) in [5.41, 5.74) is 3.10. The third kappa shape index (κ3) is 2.92. The zero-order valence-electron chi connectivity index (χ0n) is 12.0. The number of benzene rings is 2. The van der Waals surface area contributed by atoms with Crippen molar-refractivity contribution in [2.24, 2.45) is 0 Å². The van der Waals surface area contributed by atoms with Gasteiger partial charge in [-0.15, -0.1) is 11.8 Å². The van der Waals surface area contributed by atoms with E-state index < -0.39 is 0 Å². The van der Waals surface area contributed by atoms with Crippen molar-refractivity contribution in [3.63, 3.8) is 0 Å². The van der Waals surface area contributed by atoms with Crippen molar-refractivity contribution in [3.05, 3.63) is 59.8 Å². The second kappa shape index (κ2) is 6.08. The molecule has 106 valence electrons. The van der Waals surface area contributed by atoms with E-state index in [4.69, 9.17) is 11.6 Å². The van der Waals surface area contributed by atoms with E-state index in [1.54, 1.807) is 0 Å². The highest BCUT2D eigenvalue weighted by Gasteiger charge is 2.16. The highest BCUT2D eigenvalue weighted by atomic mass is 35.5. The molecule has 0 atom stereocenters. The van der Waals surface area contributed by atoms with E-state index in [0.29, 0.717) is 10.4 Å².